The Morgan fingerprint density at radius 2 is 2.00 bits per heavy atom. The molecule has 0 amide bonds. The average molecular weight is 172 g/mol. The molecule has 1 heterocycles. The standard InChI is InChI=1S/C11H12N2/c1-7-8(2)11-9(6-10(7)12)4-3-5-13-11/h3-6H,12H2,1-2H3. The summed E-state index contributed by atoms with van der Waals surface area (Å²) in [5.41, 5.74) is 10.1. The van der Waals surface area contributed by atoms with Crippen molar-refractivity contribution in [3.63, 3.8) is 0 Å². The van der Waals surface area contributed by atoms with Gasteiger partial charge in [0.2, 0.25) is 0 Å². The third kappa shape index (κ3) is 1.15. The molecule has 0 saturated heterocycles. The van der Waals surface area contributed by atoms with Gasteiger partial charge in [-0.1, -0.05) is 6.07 Å². The molecule has 0 bridgehead atoms. The third-order valence-corrected chi connectivity index (χ3v) is 2.50. The van der Waals surface area contributed by atoms with E-state index < -0.39 is 0 Å². The van der Waals surface area contributed by atoms with Crippen LogP contribution in [0.4, 0.5) is 5.69 Å². The second kappa shape index (κ2) is 2.73. The van der Waals surface area contributed by atoms with Crippen LogP contribution in [0.15, 0.2) is 24.4 Å². The fraction of sp³-hybridized carbons (Fsp3) is 0.182. The number of nitrogens with zero attached hydrogens (tertiary/aromatic N) is 1. The molecule has 0 spiro atoms. The number of hydrogen-bond donors (Lipinski definition) is 1. The molecule has 0 atom stereocenters. The van der Waals surface area contributed by atoms with Gasteiger partial charge in [0.15, 0.2) is 0 Å². The number of nitrogen functional groups attached to an aromatic ring is 1. The van der Waals surface area contributed by atoms with E-state index in [1.807, 2.05) is 31.3 Å². The van der Waals surface area contributed by atoms with Gasteiger partial charge in [-0.05, 0) is 37.1 Å². The molecular formula is C11H12N2. The van der Waals surface area contributed by atoms with Gasteiger partial charge in [-0.25, -0.2) is 0 Å². The third-order valence-electron chi connectivity index (χ3n) is 2.50. The summed E-state index contributed by atoms with van der Waals surface area (Å²) in [5.74, 6) is 0. The van der Waals surface area contributed by atoms with Crippen molar-refractivity contribution >= 4 is 16.6 Å². The normalized spacial score (nSPS) is 10.6. The molecule has 2 rings (SSSR count). The summed E-state index contributed by atoms with van der Waals surface area (Å²) in [5, 5.41) is 1.11. The van der Waals surface area contributed by atoms with E-state index in [9.17, 15) is 0 Å². The molecule has 2 aromatic rings. The summed E-state index contributed by atoms with van der Waals surface area (Å²) in [7, 11) is 0. The van der Waals surface area contributed by atoms with Crippen molar-refractivity contribution in [1.82, 2.24) is 4.98 Å². The highest BCUT2D eigenvalue weighted by atomic mass is 14.7. The number of aromatic nitrogens is 1. The summed E-state index contributed by atoms with van der Waals surface area (Å²) in [4.78, 5) is 4.33. The highest BCUT2D eigenvalue weighted by Crippen LogP contribution is 2.24. The first-order valence-electron chi connectivity index (χ1n) is 4.30. The van der Waals surface area contributed by atoms with E-state index in [4.69, 9.17) is 5.73 Å². The second-order valence-corrected chi connectivity index (χ2v) is 3.29. The number of fused-ring (bicyclic) bond motifs is 1. The largest absolute Gasteiger partial charge is 0.398 e. The van der Waals surface area contributed by atoms with Gasteiger partial charge < -0.3 is 5.73 Å². The molecule has 0 saturated carbocycles. The molecule has 13 heavy (non-hydrogen) atoms. The zero-order valence-electron chi connectivity index (χ0n) is 7.83. The number of aryl methyl sites for hydroxylation is 1. The molecule has 1 aromatic heterocycles. The van der Waals surface area contributed by atoms with Crippen LogP contribution in [0.2, 0.25) is 0 Å². The molecule has 0 aliphatic carbocycles. The van der Waals surface area contributed by atoms with Gasteiger partial charge in [0.25, 0.3) is 0 Å². The van der Waals surface area contributed by atoms with Gasteiger partial charge in [-0.2, -0.15) is 0 Å². The zero-order chi connectivity index (χ0) is 9.42. The van der Waals surface area contributed by atoms with E-state index in [1.54, 1.807) is 0 Å². The lowest BCUT2D eigenvalue weighted by atomic mass is 10.0. The van der Waals surface area contributed by atoms with Crippen LogP contribution in [0, 0.1) is 13.8 Å². The van der Waals surface area contributed by atoms with E-state index in [0.29, 0.717) is 0 Å². The molecule has 0 aliphatic rings. The first kappa shape index (κ1) is 8.05. The first-order chi connectivity index (χ1) is 6.20. The van der Waals surface area contributed by atoms with Crippen molar-refractivity contribution in [1.29, 1.82) is 0 Å². The maximum absolute atomic E-state index is 5.86. The number of benzene rings is 1. The van der Waals surface area contributed by atoms with E-state index in [1.165, 1.54) is 5.56 Å². The molecular weight excluding hydrogens is 160 g/mol. The Morgan fingerprint density at radius 1 is 1.23 bits per heavy atom. The van der Waals surface area contributed by atoms with E-state index in [2.05, 4.69) is 11.9 Å². The van der Waals surface area contributed by atoms with Gasteiger partial charge in [-0.15, -0.1) is 0 Å². The lowest BCUT2D eigenvalue weighted by Crippen LogP contribution is -1.94. The van der Waals surface area contributed by atoms with Crippen molar-refractivity contribution in [2.24, 2.45) is 0 Å². The number of rotatable bonds is 0. The number of anilines is 1. The predicted octanol–water partition coefficient (Wildman–Crippen LogP) is 2.43. The Balaban J connectivity index is 2.94. The first-order valence-corrected chi connectivity index (χ1v) is 4.30. The fourth-order valence-corrected chi connectivity index (χ4v) is 1.52. The van der Waals surface area contributed by atoms with Crippen molar-refractivity contribution in [2.75, 3.05) is 5.73 Å². The summed E-state index contributed by atoms with van der Waals surface area (Å²) < 4.78 is 0. The lowest BCUT2D eigenvalue weighted by Gasteiger charge is -2.07. The second-order valence-electron chi connectivity index (χ2n) is 3.29. The Hall–Kier alpha value is -1.57. The van der Waals surface area contributed by atoms with Crippen LogP contribution in [-0.2, 0) is 0 Å². The number of nitrogens with two attached hydrogens (primary N) is 1. The topological polar surface area (TPSA) is 38.9 Å². The van der Waals surface area contributed by atoms with E-state index >= 15 is 0 Å². The maximum Gasteiger partial charge on any atom is 0.0735 e. The van der Waals surface area contributed by atoms with Crippen LogP contribution in [0.3, 0.4) is 0 Å². The SMILES string of the molecule is Cc1c(N)cc2cccnc2c1C. The number of hydrogen-bond acceptors (Lipinski definition) is 2. The highest BCUT2D eigenvalue weighted by molar-refractivity contribution is 5.86. The van der Waals surface area contributed by atoms with Crippen molar-refractivity contribution in [3.8, 4) is 0 Å². The van der Waals surface area contributed by atoms with Crippen LogP contribution in [0.1, 0.15) is 11.1 Å². The summed E-state index contributed by atoms with van der Waals surface area (Å²) >= 11 is 0. The summed E-state index contributed by atoms with van der Waals surface area (Å²) in [6.45, 7) is 4.08. The molecule has 2 nitrogen and oxygen atoms in total. The maximum atomic E-state index is 5.86. The van der Waals surface area contributed by atoms with Crippen molar-refractivity contribution < 1.29 is 0 Å². The molecule has 0 unspecified atom stereocenters. The van der Waals surface area contributed by atoms with E-state index in [0.717, 1.165) is 22.2 Å². The van der Waals surface area contributed by atoms with Gasteiger partial charge in [0.05, 0.1) is 5.52 Å². The number of pyridine rings is 1. The Bertz CT molecular complexity index is 461. The van der Waals surface area contributed by atoms with Crippen molar-refractivity contribution in [3.05, 3.63) is 35.5 Å². The Morgan fingerprint density at radius 3 is 2.77 bits per heavy atom. The van der Waals surface area contributed by atoms with Gasteiger partial charge in [-0.3, -0.25) is 4.98 Å². The quantitative estimate of drug-likeness (QED) is 0.620. The van der Waals surface area contributed by atoms with Gasteiger partial charge in [0.1, 0.15) is 0 Å². The smallest absolute Gasteiger partial charge is 0.0735 e. The van der Waals surface area contributed by atoms with Crippen LogP contribution >= 0.6 is 0 Å². The van der Waals surface area contributed by atoms with Crippen LogP contribution in [0.25, 0.3) is 10.9 Å². The molecule has 0 aliphatic heterocycles. The Kier molecular flexibility index (Phi) is 1.69. The minimum atomic E-state index is 0.845. The zero-order valence-corrected chi connectivity index (χ0v) is 7.83. The van der Waals surface area contributed by atoms with Gasteiger partial charge in [0, 0.05) is 17.3 Å². The molecule has 1 aromatic carbocycles. The van der Waals surface area contributed by atoms with Crippen LogP contribution in [0.5, 0.6) is 0 Å². The average Bonchev–Trinajstić information content (AvgIpc) is 2.15. The van der Waals surface area contributed by atoms with E-state index in [-0.39, 0.29) is 0 Å². The molecule has 2 N–H and O–H groups in total. The summed E-state index contributed by atoms with van der Waals surface area (Å²) in [6.07, 6.45) is 1.81. The fourth-order valence-electron chi connectivity index (χ4n) is 1.52. The minimum absolute atomic E-state index is 0.845. The molecule has 0 fully saturated rings. The van der Waals surface area contributed by atoms with Crippen LogP contribution in [-0.4, -0.2) is 4.98 Å². The van der Waals surface area contributed by atoms with Crippen LogP contribution < -0.4 is 5.73 Å². The molecule has 2 heteroatoms. The Labute approximate surface area is 77.4 Å². The highest BCUT2D eigenvalue weighted by Gasteiger charge is 2.03. The van der Waals surface area contributed by atoms with Crippen molar-refractivity contribution in [2.45, 2.75) is 13.8 Å². The van der Waals surface area contributed by atoms with Gasteiger partial charge >= 0.3 is 0 Å². The molecule has 0 radical (unpaired) electrons. The lowest BCUT2D eigenvalue weighted by molar-refractivity contribution is 1.32. The monoisotopic (exact) mass is 172 g/mol. The minimum Gasteiger partial charge on any atom is -0.398 e. The molecule has 66 valence electrons. The predicted molar refractivity (Wildman–Crippen MR) is 55.6 cm³/mol. The summed E-state index contributed by atoms with van der Waals surface area (Å²) in [6, 6.07) is 5.94.